The SMILES string of the molecule is OC1(c2ccc(Cl)cc2)C[N+]2=C(CCCCC2)N1c1ccc(Cl)cc1. The Kier molecular flexibility index (Phi) is 4.48. The summed E-state index contributed by atoms with van der Waals surface area (Å²) < 4.78 is 2.33. The van der Waals surface area contributed by atoms with E-state index < -0.39 is 5.72 Å². The Hall–Kier alpha value is -1.55. The number of aliphatic hydroxyl groups is 1. The van der Waals surface area contributed by atoms with Gasteiger partial charge in [0, 0.05) is 22.0 Å². The van der Waals surface area contributed by atoms with Gasteiger partial charge in [0.25, 0.3) is 11.6 Å². The van der Waals surface area contributed by atoms with Gasteiger partial charge in [0.05, 0.1) is 6.54 Å². The summed E-state index contributed by atoms with van der Waals surface area (Å²) in [7, 11) is 0. The van der Waals surface area contributed by atoms with Crippen molar-refractivity contribution in [3.05, 3.63) is 64.1 Å². The number of anilines is 1. The summed E-state index contributed by atoms with van der Waals surface area (Å²) in [4.78, 5) is 2.08. The first-order chi connectivity index (χ1) is 12.1. The monoisotopic (exact) mass is 375 g/mol. The van der Waals surface area contributed by atoms with Gasteiger partial charge >= 0.3 is 0 Å². The van der Waals surface area contributed by atoms with Gasteiger partial charge in [-0.15, -0.1) is 0 Å². The summed E-state index contributed by atoms with van der Waals surface area (Å²) in [5, 5.41) is 13.1. The fourth-order valence-electron chi connectivity index (χ4n) is 3.91. The largest absolute Gasteiger partial charge is 0.346 e. The molecule has 2 aliphatic heterocycles. The maximum absolute atomic E-state index is 11.7. The number of nitrogens with zero attached hydrogens (tertiary/aromatic N) is 2. The molecule has 25 heavy (non-hydrogen) atoms. The fraction of sp³-hybridized carbons (Fsp3) is 0.350. The summed E-state index contributed by atoms with van der Waals surface area (Å²) in [6.07, 6.45) is 4.51. The van der Waals surface area contributed by atoms with Crippen LogP contribution in [0.3, 0.4) is 0 Å². The highest BCUT2D eigenvalue weighted by molar-refractivity contribution is 6.30. The van der Waals surface area contributed by atoms with Gasteiger partial charge in [0.2, 0.25) is 0 Å². The highest BCUT2D eigenvalue weighted by Gasteiger charge is 2.53. The molecule has 1 N–H and O–H groups in total. The van der Waals surface area contributed by atoms with Crippen LogP contribution in [0.5, 0.6) is 0 Å². The van der Waals surface area contributed by atoms with Gasteiger partial charge in [0.1, 0.15) is 5.69 Å². The second-order valence-corrected chi connectivity index (χ2v) is 7.66. The Morgan fingerprint density at radius 2 is 1.52 bits per heavy atom. The molecule has 0 spiro atoms. The van der Waals surface area contributed by atoms with E-state index in [2.05, 4.69) is 9.48 Å². The first-order valence-corrected chi connectivity index (χ1v) is 9.48. The van der Waals surface area contributed by atoms with Gasteiger partial charge in [-0.1, -0.05) is 35.3 Å². The third-order valence-electron chi connectivity index (χ3n) is 5.12. The zero-order valence-corrected chi connectivity index (χ0v) is 15.5. The Bertz CT molecular complexity index is 801. The van der Waals surface area contributed by atoms with E-state index in [-0.39, 0.29) is 0 Å². The Balaban J connectivity index is 1.83. The molecule has 1 unspecified atom stereocenters. The van der Waals surface area contributed by atoms with Crippen molar-refractivity contribution in [2.24, 2.45) is 0 Å². The van der Waals surface area contributed by atoms with Crippen LogP contribution in [0.15, 0.2) is 48.5 Å². The zero-order valence-electron chi connectivity index (χ0n) is 14.0. The normalized spacial score (nSPS) is 23.6. The van der Waals surface area contributed by atoms with Crippen LogP contribution in [-0.4, -0.2) is 28.6 Å². The Morgan fingerprint density at radius 3 is 2.20 bits per heavy atom. The van der Waals surface area contributed by atoms with Crippen molar-refractivity contribution in [3.63, 3.8) is 0 Å². The second-order valence-electron chi connectivity index (χ2n) is 6.78. The minimum atomic E-state index is -1.11. The van der Waals surface area contributed by atoms with Crippen LogP contribution in [0, 0.1) is 0 Å². The summed E-state index contributed by atoms with van der Waals surface area (Å²) in [6.45, 7) is 1.54. The molecule has 3 nitrogen and oxygen atoms in total. The van der Waals surface area contributed by atoms with Crippen LogP contribution in [0.1, 0.15) is 31.2 Å². The number of hydrogen-bond acceptors (Lipinski definition) is 2. The first-order valence-electron chi connectivity index (χ1n) is 8.73. The van der Waals surface area contributed by atoms with Crippen LogP contribution in [-0.2, 0) is 5.72 Å². The van der Waals surface area contributed by atoms with E-state index in [0.29, 0.717) is 16.6 Å². The molecule has 0 bridgehead atoms. The summed E-state index contributed by atoms with van der Waals surface area (Å²) in [6, 6.07) is 15.2. The van der Waals surface area contributed by atoms with Crippen molar-refractivity contribution in [2.45, 2.75) is 31.4 Å². The van der Waals surface area contributed by atoms with Crippen molar-refractivity contribution < 1.29 is 9.68 Å². The van der Waals surface area contributed by atoms with E-state index in [1.165, 1.54) is 12.3 Å². The molecule has 0 radical (unpaired) electrons. The molecule has 2 heterocycles. The molecule has 2 aliphatic rings. The molecule has 2 aromatic carbocycles. The summed E-state index contributed by atoms with van der Waals surface area (Å²) in [5.74, 6) is 1.19. The zero-order chi connectivity index (χ0) is 17.4. The quantitative estimate of drug-likeness (QED) is 0.773. The average molecular weight is 376 g/mol. The van der Waals surface area contributed by atoms with Crippen molar-refractivity contribution in [1.29, 1.82) is 0 Å². The van der Waals surface area contributed by atoms with E-state index >= 15 is 0 Å². The van der Waals surface area contributed by atoms with Crippen LogP contribution < -0.4 is 4.90 Å². The van der Waals surface area contributed by atoms with Crippen molar-refractivity contribution >= 4 is 34.7 Å². The van der Waals surface area contributed by atoms with E-state index in [0.717, 1.165) is 37.1 Å². The predicted octanol–water partition coefficient (Wildman–Crippen LogP) is 4.64. The average Bonchev–Trinajstić information content (AvgIpc) is 2.74. The predicted molar refractivity (Wildman–Crippen MR) is 103 cm³/mol. The minimum Gasteiger partial charge on any atom is -0.346 e. The van der Waals surface area contributed by atoms with Gasteiger partial charge in [-0.2, -0.15) is 4.90 Å². The molecule has 5 heteroatoms. The molecule has 0 amide bonds. The molecule has 0 aliphatic carbocycles. The lowest BCUT2D eigenvalue weighted by Crippen LogP contribution is -2.47. The molecule has 0 saturated carbocycles. The highest BCUT2D eigenvalue weighted by atomic mass is 35.5. The Labute approximate surface area is 158 Å². The molecule has 1 atom stereocenters. The summed E-state index contributed by atoms with van der Waals surface area (Å²) in [5.41, 5.74) is 0.708. The van der Waals surface area contributed by atoms with Crippen LogP contribution in [0.2, 0.25) is 10.0 Å². The van der Waals surface area contributed by atoms with Gasteiger partial charge in [-0.3, -0.25) is 4.58 Å². The molecule has 4 rings (SSSR count). The maximum atomic E-state index is 11.7. The van der Waals surface area contributed by atoms with E-state index in [1.54, 1.807) is 0 Å². The topological polar surface area (TPSA) is 26.5 Å². The lowest BCUT2D eigenvalue weighted by atomic mass is 10.00. The first kappa shape index (κ1) is 16.9. The number of rotatable bonds is 2. The molecule has 2 aromatic rings. The molecular weight excluding hydrogens is 355 g/mol. The van der Waals surface area contributed by atoms with Crippen LogP contribution >= 0.6 is 23.2 Å². The third kappa shape index (κ3) is 3.05. The molecular formula is C20H21Cl2N2O+. The highest BCUT2D eigenvalue weighted by Crippen LogP contribution is 2.38. The van der Waals surface area contributed by atoms with Gasteiger partial charge in [-0.05, 0) is 55.7 Å². The van der Waals surface area contributed by atoms with Crippen molar-refractivity contribution in [3.8, 4) is 0 Å². The van der Waals surface area contributed by atoms with Gasteiger partial charge < -0.3 is 5.11 Å². The number of amidine groups is 1. The second kappa shape index (κ2) is 6.64. The van der Waals surface area contributed by atoms with Crippen LogP contribution in [0.4, 0.5) is 5.69 Å². The minimum absolute atomic E-state index is 0.562. The van der Waals surface area contributed by atoms with Gasteiger partial charge in [-0.25, -0.2) is 0 Å². The Morgan fingerprint density at radius 1 is 0.880 bits per heavy atom. The smallest absolute Gasteiger partial charge is 0.275 e. The lowest BCUT2D eigenvalue weighted by molar-refractivity contribution is -0.534. The maximum Gasteiger partial charge on any atom is 0.275 e. The standard InChI is InChI=1S/C20H21Cl2N2O/c21-16-7-5-15(6-8-16)20(25)14-23-13-3-1-2-4-19(23)24(20)18-11-9-17(22)10-12-18/h5-12,25H,1-4,13-14H2/q+1. The molecule has 0 fully saturated rings. The van der Waals surface area contributed by atoms with E-state index in [9.17, 15) is 5.11 Å². The lowest BCUT2D eigenvalue weighted by Gasteiger charge is -2.29. The molecule has 130 valence electrons. The van der Waals surface area contributed by atoms with Crippen molar-refractivity contribution in [1.82, 2.24) is 0 Å². The molecule has 0 aromatic heterocycles. The number of halogens is 2. The van der Waals surface area contributed by atoms with Gasteiger partial charge in [0.15, 0.2) is 6.54 Å². The number of benzene rings is 2. The number of hydrogen-bond donors (Lipinski definition) is 1. The fourth-order valence-corrected chi connectivity index (χ4v) is 4.17. The molecule has 0 saturated heterocycles. The van der Waals surface area contributed by atoms with Crippen LogP contribution in [0.25, 0.3) is 0 Å². The third-order valence-corrected chi connectivity index (χ3v) is 5.63. The van der Waals surface area contributed by atoms with Crippen molar-refractivity contribution in [2.75, 3.05) is 18.0 Å². The summed E-state index contributed by atoms with van der Waals surface area (Å²) >= 11 is 12.1. The van der Waals surface area contributed by atoms with E-state index in [1.807, 2.05) is 48.5 Å². The van der Waals surface area contributed by atoms with E-state index in [4.69, 9.17) is 23.2 Å².